The highest BCUT2D eigenvalue weighted by Gasteiger charge is 2.17. The summed E-state index contributed by atoms with van der Waals surface area (Å²) in [5.41, 5.74) is 0. The second kappa shape index (κ2) is 5.57. The molecule has 1 amide bonds. The SMILES string of the molecule is COC(=O)C(O)CNC(=O)c1cnc(C)s1. The highest BCUT2D eigenvalue weighted by atomic mass is 32.1. The zero-order valence-corrected chi connectivity index (χ0v) is 9.71. The third-order valence-corrected chi connectivity index (χ3v) is 2.69. The predicted octanol–water partition coefficient (Wildman–Crippen LogP) is -0.285. The first-order valence-electron chi connectivity index (χ1n) is 4.51. The van der Waals surface area contributed by atoms with E-state index in [-0.39, 0.29) is 12.5 Å². The number of hydrogen-bond acceptors (Lipinski definition) is 6. The molecule has 16 heavy (non-hydrogen) atoms. The molecule has 0 saturated carbocycles. The number of aryl methyl sites for hydroxylation is 1. The Morgan fingerprint density at radius 2 is 2.38 bits per heavy atom. The van der Waals surface area contributed by atoms with Gasteiger partial charge in [-0.25, -0.2) is 9.78 Å². The van der Waals surface area contributed by atoms with E-state index >= 15 is 0 Å². The number of aliphatic hydroxyl groups excluding tert-OH is 1. The van der Waals surface area contributed by atoms with Crippen LogP contribution in [0.2, 0.25) is 0 Å². The Kier molecular flexibility index (Phi) is 4.39. The minimum atomic E-state index is -1.34. The van der Waals surface area contributed by atoms with Crippen molar-refractivity contribution in [1.82, 2.24) is 10.3 Å². The van der Waals surface area contributed by atoms with Crippen LogP contribution in [0.1, 0.15) is 14.7 Å². The summed E-state index contributed by atoms with van der Waals surface area (Å²) in [7, 11) is 1.17. The number of hydrogen-bond donors (Lipinski definition) is 2. The summed E-state index contributed by atoms with van der Waals surface area (Å²) in [5, 5.41) is 12.4. The fraction of sp³-hybridized carbons (Fsp3) is 0.444. The number of ether oxygens (including phenoxy) is 1. The summed E-state index contributed by atoms with van der Waals surface area (Å²) >= 11 is 1.24. The van der Waals surface area contributed by atoms with Crippen LogP contribution in [0.4, 0.5) is 0 Å². The second-order valence-corrected chi connectivity index (χ2v) is 4.23. The molecule has 1 atom stereocenters. The van der Waals surface area contributed by atoms with Gasteiger partial charge in [-0.15, -0.1) is 11.3 Å². The third-order valence-electron chi connectivity index (χ3n) is 1.77. The van der Waals surface area contributed by atoms with Crippen LogP contribution in [0.15, 0.2) is 6.20 Å². The van der Waals surface area contributed by atoms with Crippen molar-refractivity contribution in [3.05, 3.63) is 16.1 Å². The molecule has 0 aliphatic heterocycles. The Hall–Kier alpha value is -1.47. The number of rotatable bonds is 4. The lowest BCUT2D eigenvalue weighted by molar-refractivity contribution is -0.149. The molecule has 0 fully saturated rings. The lowest BCUT2D eigenvalue weighted by Gasteiger charge is -2.08. The van der Waals surface area contributed by atoms with Crippen LogP contribution in [0.25, 0.3) is 0 Å². The zero-order valence-electron chi connectivity index (χ0n) is 8.89. The van der Waals surface area contributed by atoms with Gasteiger partial charge in [-0.1, -0.05) is 0 Å². The third kappa shape index (κ3) is 3.28. The first kappa shape index (κ1) is 12.6. The predicted molar refractivity (Wildman–Crippen MR) is 57.2 cm³/mol. The van der Waals surface area contributed by atoms with Gasteiger partial charge in [-0.05, 0) is 6.92 Å². The smallest absolute Gasteiger partial charge is 0.336 e. The van der Waals surface area contributed by atoms with Crippen molar-refractivity contribution in [2.45, 2.75) is 13.0 Å². The summed E-state index contributed by atoms with van der Waals surface area (Å²) in [6.45, 7) is 1.60. The summed E-state index contributed by atoms with van der Waals surface area (Å²) in [4.78, 5) is 26.7. The molecular weight excluding hydrogens is 232 g/mol. The monoisotopic (exact) mass is 244 g/mol. The number of methoxy groups -OCH3 is 1. The molecule has 0 aliphatic carbocycles. The van der Waals surface area contributed by atoms with E-state index in [1.807, 2.05) is 0 Å². The molecule has 0 aromatic carbocycles. The van der Waals surface area contributed by atoms with Crippen LogP contribution < -0.4 is 5.32 Å². The summed E-state index contributed by atoms with van der Waals surface area (Å²) in [6, 6.07) is 0. The largest absolute Gasteiger partial charge is 0.467 e. The van der Waals surface area contributed by atoms with Gasteiger partial charge in [0.25, 0.3) is 5.91 Å². The van der Waals surface area contributed by atoms with Crippen LogP contribution >= 0.6 is 11.3 Å². The Labute approximate surface area is 96.3 Å². The quantitative estimate of drug-likeness (QED) is 0.711. The summed E-state index contributed by atoms with van der Waals surface area (Å²) in [5.74, 6) is -1.14. The number of amides is 1. The Morgan fingerprint density at radius 3 is 2.88 bits per heavy atom. The van der Waals surface area contributed by atoms with Crippen molar-refractivity contribution in [3.63, 3.8) is 0 Å². The molecule has 0 aliphatic rings. The van der Waals surface area contributed by atoms with Crippen LogP contribution in [-0.4, -0.2) is 41.7 Å². The second-order valence-electron chi connectivity index (χ2n) is 2.99. The van der Waals surface area contributed by atoms with Crippen molar-refractivity contribution in [2.75, 3.05) is 13.7 Å². The number of esters is 1. The van der Waals surface area contributed by atoms with E-state index in [2.05, 4.69) is 15.0 Å². The zero-order chi connectivity index (χ0) is 12.1. The molecule has 2 N–H and O–H groups in total. The Balaban J connectivity index is 2.44. The van der Waals surface area contributed by atoms with Crippen LogP contribution in [0.3, 0.4) is 0 Å². The van der Waals surface area contributed by atoms with Crippen LogP contribution in [0, 0.1) is 6.92 Å². The molecule has 1 heterocycles. The standard InChI is InChI=1S/C9H12N2O4S/c1-5-10-4-7(16-5)8(13)11-3-6(12)9(14)15-2/h4,6,12H,3H2,1-2H3,(H,11,13). The van der Waals surface area contributed by atoms with Gasteiger partial charge in [0.15, 0.2) is 6.10 Å². The Bertz CT molecular complexity index is 391. The Morgan fingerprint density at radius 1 is 1.69 bits per heavy atom. The molecule has 0 saturated heterocycles. The molecule has 1 unspecified atom stereocenters. The topological polar surface area (TPSA) is 88.5 Å². The number of aliphatic hydroxyl groups is 1. The van der Waals surface area contributed by atoms with Crippen molar-refractivity contribution < 1.29 is 19.4 Å². The number of thiazole rings is 1. The van der Waals surface area contributed by atoms with Crippen molar-refractivity contribution in [2.24, 2.45) is 0 Å². The van der Waals surface area contributed by atoms with E-state index in [0.29, 0.717) is 4.88 Å². The molecule has 1 aromatic heterocycles. The minimum Gasteiger partial charge on any atom is -0.467 e. The van der Waals surface area contributed by atoms with E-state index in [9.17, 15) is 14.7 Å². The lowest BCUT2D eigenvalue weighted by atomic mass is 10.3. The molecule has 1 aromatic rings. The fourth-order valence-electron chi connectivity index (χ4n) is 0.962. The molecule has 1 rings (SSSR count). The molecule has 6 nitrogen and oxygen atoms in total. The number of carbonyl (C=O) groups excluding carboxylic acids is 2. The first-order valence-corrected chi connectivity index (χ1v) is 5.32. The number of nitrogens with one attached hydrogen (secondary N) is 1. The average molecular weight is 244 g/mol. The van der Waals surface area contributed by atoms with Gasteiger partial charge >= 0.3 is 5.97 Å². The number of aromatic nitrogens is 1. The van der Waals surface area contributed by atoms with E-state index in [1.54, 1.807) is 6.92 Å². The average Bonchev–Trinajstić information content (AvgIpc) is 2.71. The van der Waals surface area contributed by atoms with E-state index in [0.717, 1.165) is 5.01 Å². The van der Waals surface area contributed by atoms with Gasteiger partial charge in [0.1, 0.15) is 4.88 Å². The molecular formula is C9H12N2O4S. The van der Waals surface area contributed by atoms with Gasteiger partial charge in [0, 0.05) is 0 Å². The van der Waals surface area contributed by atoms with Gasteiger partial charge < -0.3 is 15.2 Å². The highest BCUT2D eigenvalue weighted by molar-refractivity contribution is 7.13. The minimum absolute atomic E-state index is 0.178. The fourth-order valence-corrected chi connectivity index (χ4v) is 1.66. The number of nitrogens with zero attached hydrogens (tertiary/aromatic N) is 1. The lowest BCUT2D eigenvalue weighted by Crippen LogP contribution is -2.36. The van der Waals surface area contributed by atoms with Crippen molar-refractivity contribution in [3.8, 4) is 0 Å². The number of carbonyl (C=O) groups is 2. The molecule has 0 bridgehead atoms. The van der Waals surface area contributed by atoms with Gasteiger partial charge in [-0.3, -0.25) is 4.79 Å². The summed E-state index contributed by atoms with van der Waals surface area (Å²) in [6.07, 6.45) is 0.0998. The van der Waals surface area contributed by atoms with E-state index in [4.69, 9.17) is 0 Å². The maximum atomic E-state index is 11.5. The first-order chi connectivity index (χ1) is 7.54. The summed E-state index contributed by atoms with van der Waals surface area (Å²) < 4.78 is 4.30. The van der Waals surface area contributed by atoms with Crippen molar-refractivity contribution in [1.29, 1.82) is 0 Å². The van der Waals surface area contributed by atoms with E-state index < -0.39 is 12.1 Å². The normalized spacial score (nSPS) is 11.9. The van der Waals surface area contributed by atoms with Gasteiger partial charge in [0.05, 0.1) is 24.9 Å². The highest BCUT2D eigenvalue weighted by Crippen LogP contribution is 2.10. The maximum absolute atomic E-state index is 11.5. The van der Waals surface area contributed by atoms with E-state index in [1.165, 1.54) is 24.6 Å². The molecule has 88 valence electrons. The van der Waals surface area contributed by atoms with Crippen LogP contribution in [-0.2, 0) is 9.53 Å². The van der Waals surface area contributed by atoms with Gasteiger partial charge in [-0.2, -0.15) is 0 Å². The molecule has 0 radical (unpaired) electrons. The molecule has 0 spiro atoms. The molecule has 7 heteroatoms. The van der Waals surface area contributed by atoms with Gasteiger partial charge in [0.2, 0.25) is 0 Å². The van der Waals surface area contributed by atoms with Crippen molar-refractivity contribution >= 4 is 23.2 Å². The van der Waals surface area contributed by atoms with Crippen LogP contribution in [0.5, 0.6) is 0 Å². The maximum Gasteiger partial charge on any atom is 0.336 e.